The lowest BCUT2D eigenvalue weighted by molar-refractivity contribution is -0.135. The minimum Gasteiger partial charge on any atom is -0.342 e. The van der Waals surface area contributed by atoms with Crippen LogP contribution in [0.5, 0.6) is 0 Å². The van der Waals surface area contributed by atoms with E-state index < -0.39 is 0 Å². The Labute approximate surface area is 134 Å². The van der Waals surface area contributed by atoms with Crippen LogP contribution in [0.2, 0.25) is 0 Å². The minimum absolute atomic E-state index is 0.0378. The van der Waals surface area contributed by atoms with Gasteiger partial charge in [-0.2, -0.15) is 0 Å². The predicted octanol–water partition coefficient (Wildman–Crippen LogP) is 2.47. The number of rotatable bonds is 5. The molecule has 1 N–H and O–H groups in total. The Balaban J connectivity index is 1.65. The van der Waals surface area contributed by atoms with Crippen molar-refractivity contribution >= 4 is 11.9 Å². The average molecular weight is 309 g/mol. The number of amides is 3. The number of hydrogen-bond donors (Lipinski definition) is 1. The standard InChI is InChI=1S/C17H31N3O2/c1-14(2)6-5-9-18-17(22)20-12-7-15(8-13-20)16(21)19-10-3-4-11-19/h14-15H,3-13H2,1-2H3,(H,18,22). The maximum Gasteiger partial charge on any atom is 0.317 e. The zero-order valence-corrected chi connectivity index (χ0v) is 14.1. The van der Waals surface area contributed by atoms with Crippen molar-refractivity contribution in [2.24, 2.45) is 11.8 Å². The van der Waals surface area contributed by atoms with Crippen LogP contribution >= 0.6 is 0 Å². The van der Waals surface area contributed by atoms with E-state index in [9.17, 15) is 9.59 Å². The number of hydrogen-bond acceptors (Lipinski definition) is 2. The lowest BCUT2D eigenvalue weighted by Crippen LogP contribution is -2.47. The van der Waals surface area contributed by atoms with Gasteiger partial charge in [-0.3, -0.25) is 4.79 Å². The van der Waals surface area contributed by atoms with Crippen LogP contribution in [0, 0.1) is 11.8 Å². The lowest BCUT2D eigenvalue weighted by atomic mass is 9.95. The molecule has 2 aliphatic rings. The molecule has 3 amide bonds. The molecule has 22 heavy (non-hydrogen) atoms. The van der Waals surface area contributed by atoms with Crippen molar-refractivity contribution in [1.82, 2.24) is 15.1 Å². The molecule has 5 nitrogen and oxygen atoms in total. The second kappa shape index (κ2) is 8.39. The highest BCUT2D eigenvalue weighted by atomic mass is 16.2. The quantitative estimate of drug-likeness (QED) is 0.793. The van der Waals surface area contributed by atoms with Crippen molar-refractivity contribution in [2.45, 2.75) is 52.4 Å². The Bertz CT molecular complexity index is 370. The van der Waals surface area contributed by atoms with Gasteiger partial charge in [-0.15, -0.1) is 0 Å². The molecule has 0 aliphatic carbocycles. The summed E-state index contributed by atoms with van der Waals surface area (Å²) in [6.45, 7) is 8.42. The lowest BCUT2D eigenvalue weighted by Gasteiger charge is -2.33. The van der Waals surface area contributed by atoms with Gasteiger partial charge in [-0.1, -0.05) is 13.8 Å². The molecule has 0 aromatic carbocycles. The van der Waals surface area contributed by atoms with Gasteiger partial charge in [0.1, 0.15) is 0 Å². The summed E-state index contributed by atoms with van der Waals surface area (Å²) in [7, 11) is 0. The number of carbonyl (C=O) groups excluding carboxylic acids is 2. The topological polar surface area (TPSA) is 52.7 Å². The number of piperidine rings is 1. The number of likely N-dealkylation sites (tertiary alicyclic amines) is 2. The molecule has 0 radical (unpaired) electrons. The van der Waals surface area contributed by atoms with E-state index in [1.165, 1.54) is 0 Å². The first-order chi connectivity index (χ1) is 10.6. The number of nitrogens with one attached hydrogen (secondary N) is 1. The monoisotopic (exact) mass is 309 g/mol. The van der Waals surface area contributed by atoms with Crippen LogP contribution in [0.4, 0.5) is 4.79 Å². The molecule has 0 saturated carbocycles. The largest absolute Gasteiger partial charge is 0.342 e. The fraction of sp³-hybridized carbons (Fsp3) is 0.882. The van der Waals surface area contributed by atoms with Gasteiger partial charge in [0, 0.05) is 38.6 Å². The molecule has 2 rings (SSSR count). The summed E-state index contributed by atoms with van der Waals surface area (Å²) in [5, 5.41) is 3.00. The Hall–Kier alpha value is -1.26. The third kappa shape index (κ3) is 4.89. The summed E-state index contributed by atoms with van der Waals surface area (Å²) in [5.41, 5.74) is 0. The molecule has 0 aromatic heterocycles. The van der Waals surface area contributed by atoms with Gasteiger partial charge >= 0.3 is 6.03 Å². The maximum absolute atomic E-state index is 12.4. The van der Waals surface area contributed by atoms with Gasteiger partial charge < -0.3 is 15.1 Å². The van der Waals surface area contributed by atoms with Crippen molar-refractivity contribution in [3.8, 4) is 0 Å². The third-order valence-corrected chi connectivity index (χ3v) is 4.78. The molecular formula is C17H31N3O2. The maximum atomic E-state index is 12.4. The summed E-state index contributed by atoms with van der Waals surface area (Å²) in [5.74, 6) is 1.13. The zero-order chi connectivity index (χ0) is 15.9. The van der Waals surface area contributed by atoms with E-state index in [0.717, 1.165) is 58.2 Å². The first kappa shape index (κ1) is 17.1. The van der Waals surface area contributed by atoms with Crippen LogP contribution < -0.4 is 5.32 Å². The number of nitrogens with zero attached hydrogens (tertiary/aromatic N) is 2. The summed E-state index contributed by atoms with van der Waals surface area (Å²) in [6.07, 6.45) is 6.09. The summed E-state index contributed by atoms with van der Waals surface area (Å²) < 4.78 is 0. The van der Waals surface area contributed by atoms with E-state index in [2.05, 4.69) is 19.2 Å². The number of carbonyl (C=O) groups is 2. The molecule has 2 aliphatic heterocycles. The Morgan fingerprint density at radius 2 is 1.68 bits per heavy atom. The van der Waals surface area contributed by atoms with Crippen LogP contribution in [-0.4, -0.2) is 54.5 Å². The highest BCUT2D eigenvalue weighted by molar-refractivity contribution is 5.80. The Morgan fingerprint density at radius 3 is 2.27 bits per heavy atom. The first-order valence-electron chi connectivity index (χ1n) is 8.89. The molecule has 126 valence electrons. The summed E-state index contributed by atoms with van der Waals surface area (Å²) >= 11 is 0. The van der Waals surface area contributed by atoms with Crippen LogP contribution in [0.1, 0.15) is 52.4 Å². The molecule has 5 heteroatoms. The van der Waals surface area contributed by atoms with E-state index in [-0.39, 0.29) is 11.9 Å². The highest BCUT2D eigenvalue weighted by Gasteiger charge is 2.31. The molecule has 0 spiro atoms. The Morgan fingerprint density at radius 1 is 1.05 bits per heavy atom. The van der Waals surface area contributed by atoms with Crippen LogP contribution in [0.25, 0.3) is 0 Å². The van der Waals surface area contributed by atoms with Crippen molar-refractivity contribution < 1.29 is 9.59 Å². The van der Waals surface area contributed by atoms with Crippen molar-refractivity contribution in [1.29, 1.82) is 0 Å². The SMILES string of the molecule is CC(C)CCCNC(=O)N1CCC(C(=O)N2CCCC2)CC1. The molecule has 2 fully saturated rings. The molecule has 0 atom stereocenters. The van der Waals surface area contributed by atoms with Crippen LogP contribution in [0.3, 0.4) is 0 Å². The van der Waals surface area contributed by atoms with Gasteiger partial charge in [0.2, 0.25) is 5.91 Å². The first-order valence-corrected chi connectivity index (χ1v) is 8.89. The van der Waals surface area contributed by atoms with E-state index in [0.29, 0.717) is 24.9 Å². The minimum atomic E-state index is 0.0378. The van der Waals surface area contributed by atoms with E-state index in [4.69, 9.17) is 0 Å². The highest BCUT2D eigenvalue weighted by Crippen LogP contribution is 2.22. The average Bonchev–Trinajstić information content (AvgIpc) is 3.05. The second-order valence-corrected chi connectivity index (χ2v) is 7.06. The Kier molecular flexibility index (Phi) is 6.52. The fourth-order valence-corrected chi connectivity index (χ4v) is 3.34. The van der Waals surface area contributed by atoms with Gasteiger partial charge in [0.05, 0.1) is 0 Å². The molecule has 0 unspecified atom stereocenters. The van der Waals surface area contributed by atoms with Gasteiger partial charge in [-0.05, 0) is 44.4 Å². The molecular weight excluding hydrogens is 278 g/mol. The molecule has 2 saturated heterocycles. The van der Waals surface area contributed by atoms with Crippen LogP contribution in [0.15, 0.2) is 0 Å². The van der Waals surface area contributed by atoms with Crippen molar-refractivity contribution in [2.75, 3.05) is 32.7 Å². The van der Waals surface area contributed by atoms with Crippen molar-refractivity contribution in [3.63, 3.8) is 0 Å². The smallest absolute Gasteiger partial charge is 0.317 e. The van der Waals surface area contributed by atoms with E-state index in [1.54, 1.807) is 0 Å². The number of urea groups is 1. The molecule has 0 bridgehead atoms. The van der Waals surface area contributed by atoms with E-state index in [1.807, 2.05) is 9.80 Å². The summed E-state index contributed by atoms with van der Waals surface area (Å²) in [6, 6.07) is 0.0378. The van der Waals surface area contributed by atoms with Crippen LogP contribution in [-0.2, 0) is 4.79 Å². The second-order valence-electron chi connectivity index (χ2n) is 7.06. The molecule has 2 heterocycles. The van der Waals surface area contributed by atoms with Gasteiger partial charge in [-0.25, -0.2) is 4.79 Å². The normalized spacial score (nSPS) is 19.8. The van der Waals surface area contributed by atoms with E-state index >= 15 is 0 Å². The predicted molar refractivity (Wildman–Crippen MR) is 87.6 cm³/mol. The summed E-state index contributed by atoms with van der Waals surface area (Å²) in [4.78, 5) is 28.3. The fourth-order valence-electron chi connectivity index (χ4n) is 3.34. The zero-order valence-electron chi connectivity index (χ0n) is 14.1. The molecule has 0 aromatic rings. The van der Waals surface area contributed by atoms with Crippen molar-refractivity contribution in [3.05, 3.63) is 0 Å². The van der Waals surface area contributed by atoms with Gasteiger partial charge in [0.15, 0.2) is 0 Å². The third-order valence-electron chi connectivity index (χ3n) is 4.78. The van der Waals surface area contributed by atoms with Gasteiger partial charge in [0.25, 0.3) is 0 Å².